The third-order valence-corrected chi connectivity index (χ3v) is 4.12. The fourth-order valence-electron chi connectivity index (χ4n) is 2.55. The van der Waals surface area contributed by atoms with Crippen molar-refractivity contribution in [2.75, 3.05) is 7.11 Å². The molecule has 7 heteroatoms. The Morgan fingerprint density at radius 2 is 1.78 bits per heavy atom. The third kappa shape index (κ3) is 3.98. The van der Waals surface area contributed by atoms with Crippen LogP contribution < -0.4 is 15.7 Å². The van der Waals surface area contributed by atoms with E-state index in [1.165, 1.54) is 10.9 Å². The molecule has 0 radical (unpaired) electrons. The third-order valence-electron chi connectivity index (χ3n) is 4.12. The van der Waals surface area contributed by atoms with Crippen molar-refractivity contribution in [3.05, 3.63) is 81.3 Å². The van der Waals surface area contributed by atoms with Crippen LogP contribution in [0.15, 0.2) is 58.4 Å². The molecule has 0 bridgehead atoms. The Hall–Kier alpha value is -3.61. The number of nitrogens with one attached hydrogen (secondary N) is 2. The molecule has 0 spiro atoms. The molecule has 3 aromatic rings. The summed E-state index contributed by atoms with van der Waals surface area (Å²) < 4.78 is 6.50. The van der Waals surface area contributed by atoms with Crippen LogP contribution >= 0.6 is 0 Å². The summed E-state index contributed by atoms with van der Waals surface area (Å²) in [5.41, 5.74) is 5.50. The Balaban J connectivity index is 1.76. The summed E-state index contributed by atoms with van der Waals surface area (Å²) in [5, 5.41) is 6.93. The lowest BCUT2D eigenvalue weighted by molar-refractivity contribution is 0.0955. The zero-order valence-electron chi connectivity index (χ0n) is 15.3. The van der Waals surface area contributed by atoms with E-state index < -0.39 is 0 Å². The average molecular weight is 364 g/mol. The van der Waals surface area contributed by atoms with Gasteiger partial charge in [-0.1, -0.05) is 17.7 Å². The SMILES string of the molecule is COc1ccc(C(=O)N/N=C/c2c(C)[nH]n(-c3ccc(C)cc3)c2=O)cc1. The summed E-state index contributed by atoms with van der Waals surface area (Å²) in [6, 6.07) is 14.2. The summed E-state index contributed by atoms with van der Waals surface area (Å²) in [7, 11) is 1.56. The minimum Gasteiger partial charge on any atom is -0.497 e. The summed E-state index contributed by atoms with van der Waals surface area (Å²) >= 11 is 0. The molecule has 0 saturated heterocycles. The Morgan fingerprint density at radius 3 is 2.41 bits per heavy atom. The molecule has 0 aliphatic rings. The van der Waals surface area contributed by atoms with E-state index in [1.807, 2.05) is 31.2 Å². The maximum absolute atomic E-state index is 12.6. The lowest BCUT2D eigenvalue weighted by atomic mass is 10.2. The van der Waals surface area contributed by atoms with Gasteiger partial charge in [-0.25, -0.2) is 10.1 Å². The Bertz CT molecular complexity index is 1030. The molecule has 2 N–H and O–H groups in total. The Morgan fingerprint density at radius 1 is 1.11 bits per heavy atom. The molecule has 138 valence electrons. The van der Waals surface area contributed by atoms with Gasteiger partial charge in [0.1, 0.15) is 5.75 Å². The molecular formula is C20H20N4O3. The van der Waals surface area contributed by atoms with Crippen LogP contribution in [0.2, 0.25) is 0 Å². The van der Waals surface area contributed by atoms with Crippen LogP contribution in [-0.4, -0.2) is 29.0 Å². The van der Waals surface area contributed by atoms with Crippen molar-refractivity contribution in [3.8, 4) is 11.4 Å². The van der Waals surface area contributed by atoms with E-state index in [9.17, 15) is 9.59 Å². The minimum atomic E-state index is -0.374. The van der Waals surface area contributed by atoms with Crippen LogP contribution in [0.3, 0.4) is 0 Å². The lowest BCUT2D eigenvalue weighted by Gasteiger charge is -2.02. The van der Waals surface area contributed by atoms with Crippen molar-refractivity contribution < 1.29 is 9.53 Å². The first kappa shape index (κ1) is 18.2. The molecular weight excluding hydrogens is 344 g/mol. The van der Waals surface area contributed by atoms with Crippen LogP contribution in [-0.2, 0) is 0 Å². The van der Waals surface area contributed by atoms with E-state index in [-0.39, 0.29) is 11.5 Å². The molecule has 27 heavy (non-hydrogen) atoms. The van der Waals surface area contributed by atoms with Crippen LogP contribution in [0.25, 0.3) is 5.69 Å². The van der Waals surface area contributed by atoms with Gasteiger partial charge in [0.2, 0.25) is 0 Å². The van der Waals surface area contributed by atoms with Crippen LogP contribution in [0.4, 0.5) is 0 Å². The average Bonchev–Trinajstić information content (AvgIpc) is 2.96. The maximum atomic E-state index is 12.6. The van der Waals surface area contributed by atoms with Crippen molar-refractivity contribution in [2.45, 2.75) is 13.8 Å². The second kappa shape index (κ2) is 7.74. The van der Waals surface area contributed by atoms with E-state index in [0.717, 1.165) is 11.3 Å². The first-order valence-electron chi connectivity index (χ1n) is 8.35. The predicted octanol–water partition coefficient (Wildman–Crippen LogP) is 2.55. The number of nitrogens with zero attached hydrogens (tertiary/aromatic N) is 2. The fraction of sp³-hybridized carbons (Fsp3) is 0.150. The number of aromatic amines is 1. The van der Waals surface area contributed by atoms with Gasteiger partial charge in [0.15, 0.2) is 0 Å². The standard InChI is InChI=1S/C20H20N4O3/c1-13-4-8-16(9-5-13)24-20(26)18(14(2)23-24)12-21-22-19(25)15-6-10-17(27-3)11-7-15/h4-12,23H,1-3H3,(H,22,25)/b21-12+. The first-order valence-corrected chi connectivity index (χ1v) is 8.35. The zero-order chi connectivity index (χ0) is 19.4. The van der Waals surface area contributed by atoms with Crippen molar-refractivity contribution in [1.82, 2.24) is 15.2 Å². The first-order chi connectivity index (χ1) is 13.0. The monoisotopic (exact) mass is 364 g/mol. The van der Waals surface area contributed by atoms with Crippen molar-refractivity contribution in [1.29, 1.82) is 0 Å². The topological polar surface area (TPSA) is 88.5 Å². The number of ether oxygens (including phenoxy) is 1. The minimum absolute atomic E-state index is 0.237. The highest BCUT2D eigenvalue weighted by molar-refractivity contribution is 5.95. The predicted molar refractivity (Wildman–Crippen MR) is 104 cm³/mol. The summed E-state index contributed by atoms with van der Waals surface area (Å²) in [6.45, 7) is 3.76. The number of benzene rings is 2. The Labute approximate surface area is 156 Å². The fourth-order valence-corrected chi connectivity index (χ4v) is 2.55. The highest BCUT2D eigenvalue weighted by Crippen LogP contribution is 2.11. The van der Waals surface area contributed by atoms with E-state index in [2.05, 4.69) is 15.6 Å². The number of amides is 1. The summed E-state index contributed by atoms with van der Waals surface area (Å²) in [4.78, 5) is 24.7. The van der Waals surface area contributed by atoms with E-state index in [0.29, 0.717) is 22.6 Å². The largest absolute Gasteiger partial charge is 0.497 e. The number of aryl methyl sites for hydroxylation is 2. The van der Waals surface area contributed by atoms with Gasteiger partial charge in [-0.3, -0.25) is 14.7 Å². The van der Waals surface area contributed by atoms with Gasteiger partial charge in [0.05, 0.1) is 24.6 Å². The van der Waals surface area contributed by atoms with E-state index >= 15 is 0 Å². The summed E-state index contributed by atoms with van der Waals surface area (Å²) in [6.07, 6.45) is 1.35. The van der Waals surface area contributed by atoms with Gasteiger partial charge < -0.3 is 4.74 Å². The molecule has 0 unspecified atom stereocenters. The normalized spacial score (nSPS) is 10.9. The molecule has 0 atom stereocenters. The van der Waals surface area contributed by atoms with Gasteiger partial charge in [0, 0.05) is 11.3 Å². The molecule has 7 nitrogen and oxygen atoms in total. The molecule has 2 aromatic carbocycles. The highest BCUT2D eigenvalue weighted by Gasteiger charge is 2.11. The van der Waals surface area contributed by atoms with Crippen LogP contribution in [0, 0.1) is 13.8 Å². The Kier molecular flexibility index (Phi) is 5.21. The smallest absolute Gasteiger partial charge is 0.280 e. The highest BCUT2D eigenvalue weighted by atomic mass is 16.5. The summed E-state index contributed by atoms with van der Waals surface area (Å²) in [5.74, 6) is 0.288. The van der Waals surface area contributed by atoms with Gasteiger partial charge in [-0.05, 0) is 50.2 Å². The number of hydrazone groups is 1. The number of aromatic nitrogens is 2. The second-order valence-corrected chi connectivity index (χ2v) is 6.05. The molecule has 1 aromatic heterocycles. The van der Waals surface area contributed by atoms with Crippen molar-refractivity contribution in [3.63, 3.8) is 0 Å². The zero-order valence-corrected chi connectivity index (χ0v) is 15.3. The number of carbonyl (C=O) groups excluding carboxylic acids is 1. The molecule has 1 amide bonds. The van der Waals surface area contributed by atoms with Crippen molar-refractivity contribution in [2.24, 2.45) is 5.10 Å². The molecule has 0 aliphatic carbocycles. The van der Waals surface area contributed by atoms with Crippen LogP contribution in [0.5, 0.6) is 5.75 Å². The molecule has 3 rings (SSSR count). The number of H-pyrrole nitrogens is 1. The van der Waals surface area contributed by atoms with Gasteiger partial charge in [0.25, 0.3) is 11.5 Å². The second-order valence-electron chi connectivity index (χ2n) is 6.05. The molecule has 1 heterocycles. The number of carbonyl (C=O) groups is 1. The van der Waals surface area contributed by atoms with E-state index in [4.69, 9.17) is 4.74 Å². The van der Waals surface area contributed by atoms with E-state index in [1.54, 1.807) is 38.3 Å². The van der Waals surface area contributed by atoms with Gasteiger partial charge in [-0.2, -0.15) is 5.10 Å². The number of hydrogen-bond donors (Lipinski definition) is 2. The molecule has 0 fully saturated rings. The van der Waals surface area contributed by atoms with Crippen LogP contribution in [0.1, 0.15) is 27.2 Å². The van der Waals surface area contributed by atoms with Gasteiger partial charge >= 0.3 is 0 Å². The number of hydrogen-bond acceptors (Lipinski definition) is 4. The quantitative estimate of drug-likeness (QED) is 0.539. The number of rotatable bonds is 5. The molecule has 0 aliphatic heterocycles. The maximum Gasteiger partial charge on any atom is 0.280 e. The van der Waals surface area contributed by atoms with Gasteiger partial charge in [-0.15, -0.1) is 0 Å². The number of methoxy groups -OCH3 is 1. The molecule has 0 saturated carbocycles. The van der Waals surface area contributed by atoms with Crippen molar-refractivity contribution >= 4 is 12.1 Å². The lowest BCUT2D eigenvalue weighted by Crippen LogP contribution is -2.20.